The molecule has 0 aliphatic rings. The van der Waals surface area contributed by atoms with Crippen molar-refractivity contribution < 1.29 is 0 Å². The van der Waals surface area contributed by atoms with Crippen LogP contribution < -0.4 is 5.32 Å². The highest BCUT2D eigenvalue weighted by atomic mass is 35.5. The number of anilines is 1. The molecule has 2 rings (SSSR count). The molecule has 0 unspecified atom stereocenters. The van der Waals surface area contributed by atoms with Gasteiger partial charge >= 0.3 is 0 Å². The maximum absolute atomic E-state index is 6.28. The molecule has 0 aliphatic heterocycles. The van der Waals surface area contributed by atoms with Crippen molar-refractivity contribution in [1.82, 2.24) is 9.55 Å². The minimum Gasteiger partial charge on any atom is -0.356 e. The Labute approximate surface area is 117 Å². The van der Waals surface area contributed by atoms with Gasteiger partial charge in [-0.3, -0.25) is 4.57 Å². The van der Waals surface area contributed by atoms with E-state index in [0.717, 1.165) is 29.4 Å². The maximum Gasteiger partial charge on any atom is 0.207 e. The number of rotatable bonds is 3. The molecule has 1 aromatic heterocycles. The highest BCUT2D eigenvalue weighted by Gasteiger charge is 2.11. The Morgan fingerprint density at radius 1 is 1.22 bits per heavy atom. The van der Waals surface area contributed by atoms with Crippen LogP contribution in [0.1, 0.15) is 18.2 Å². The van der Waals surface area contributed by atoms with E-state index in [1.54, 1.807) is 0 Å². The zero-order chi connectivity index (χ0) is 13.3. The van der Waals surface area contributed by atoms with Crippen LogP contribution in [-0.4, -0.2) is 16.1 Å². The second-order valence-corrected chi connectivity index (χ2v) is 4.97. The smallest absolute Gasteiger partial charge is 0.207 e. The predicted octanol–water partition coefficient (Wildman–Crippen LogP) is 4.23. The van der Waals surface area contributed by atoms with E-state index in [4.69, 9.17) is 23.2 Å². The lowest BCUT2D eigenvalue weighted by Gasteiger charge is -2.11. The second kappa shape index (κ2) is 5.21. The van der Waals surface area contributed by atoms with E-state index in [0.29, 0.717) is 10.0 Å². The minimum atomic E-state index is 0.661. The number of halogens is 2. The Morgan fingerprint density at radius 3 is 2.61 bits per heavy atom. The first-order valence-corrected chi connectivity index (χ1v) is 6.54. The fraction of sp³-hybridized carbons (Fsp3) is 0.308. The van der Waals surface area contributed by atoms with Crippen LogP contribution >= 0.6 is 23.2 Å². The van der Waals surface area contributed by atoms with Crippen LogP contribution in [0.4, 0.5) is 5.95 Å². The maximum atomic E-state index is 6.28. The summed E-state index contributed by atoms with van der Waals surface area (Å²) in [6.45, 7) is 6.70. The molecule has 96 valence electrons. The molecule has 1 aromatic carbocycles. The lowest BCUT2D eigenvalue weighted by atomic mass is 10.2. The van der Waals surface area contributed by atoms with Crippen molar-refractivity contribution in [3.63, 3.8) is 0 Å². The third-order valence-electron chi connectivity index (χ3n) is 2.65. The highest BCUT2D eigenvalue weighted by Crippen LogP contribution is 2.29. The monoisotopic (exact) mass is 283 g/mol. The molecule has 2 aromatic rings. The Morgan fingerprint density at radius 2 is 1.94 bits per heavy atom. The number of aromatic nitrogens is 2. The zero-order valence-corrected chi connectivity index (χ0v) is 12.1. The van der Waals surface area contributed by atoms with Crippen molar-refractivity contribution in [2.24, 2.45) is 0 Å². The summed E-state index contributed by atoms with van der Waals surface area (Å²) in [5.74, 6) is 0.775. The van der Waals surface area contributed by atoms with Crippen LogP contribution in [0.5, 0.6) is 0 Å². The summed E-state index contributed by atoms with van der Waals surface area (Å²) in [5, 5.41) is 4.56. The van der Waals surface area contributed by atoms with Gasteiger partial charge in [0, 0.05) is 17.8 Å². The lowest BCUT2D eigenvalue weighted by Crippen LogP contribution is -2.05. The first-order valence-electron chi connectivity index (χ1n) is 5.78. The molecular weight excluding hydrogens is 269 g/mol. The molecule has 0 fully saturated rings. The Bertz CT molecular complexity index is 576. The fourth-order valence-electron chi connectivity index (χ4n) is 1.78. The van der Waals surface area contributed by atoms with Gasteiger partial charge in [-0.25, -0.2) is 4.98 Å². The number of aryl methyl sites for hydroxylation is 2. The van der Waals surface area contributed by atoms with Crippen LogP contribution in [0.15, 0.2) is 18.3 Å². The molecule has 0 atom stereocenters. The van der Waals surface area contributed by atoms with Gasteiger partial charge in [0.05, 0.1) is 16.4 Å². The van der Waals surface area contributed by atoms with Gasteiger partial charge in [-0.2, -0.15) is 0 Å². The molecule has 18 heavy (non-hydrogen) atoms. The number of nitrogens with zero attached hydrogens (tertiary/aromatic N) is 2. The summed E-state index contributed by atoms with van der Waals surface area (Å²) >= 11 is 12.4. The summed E-state index contributed by atoms with van der Waals surface area (Å²) in [5.41, 5.74) is 2.73. The van der Waals surface area contributed by atoms with E-state index in [9.17, 15) is 0 Å². The van der Waals surface area contributed by atoms with E-state index >= 15 is 0 Å². The highest BCUT2D eigenvalue weighted by molar-refractivity contribution is 6.35. The summed E-state index contributed by atoms with van der Waals surface area (Å²) in [6.07, 6.45) is 1.94. The van der Waals surface area contributed by atoms with Crippen LogP contribution in [0, 0.1) is 13.8 Å². The van der Waals surface area contributed by atoms with Gasteiger partial charge < -0.3 is 5.32 Å². The number of hydrogen-bond donors (Lipinski definition) is 1. The van der Waals surface area contributed by atoms with Crippen molar-refractivity contribution in [2.75, 3.05) is 11.9 Å². The molecule has 5 heteroatoms. The standard InChI is InChI=1S/C13H15Cl2N3/c1-4-16-13-17-9(3)7-18(13)12-6-10(14)8(2)5-11(12)15/h5-7H,4H2,1-3H3,(H,16,17). The van der Waals surface area contributed by atoms with E-state index in [1.807, 2.05) is 43.7 Å². The van der Waals surface area contributed by atoms with Crippen molar-refractivity contribution >= 4 is 29.2 Å². The van der Waals surface area contributed by atoms with Crippen LogP contribution in [0.2, 0.25) is 10.0 Å². The largest absolute Gasteiger partial charge is 0.356 e. The number of hydrogen-bond acceptors (Lipinski definition) is 2. The van der Waals surface area contributed by atoms with Gasteiger partial charge in [-0.15, -0.1) is 0 Å². The molecular formula is C13H15Cl2N3. The van der Waals surface area contributed by atoms with Crippen LogP contribution in [-0.2, 0) is 0 Å². The number of benzene rings is 1. The first kappa shape index (κ1) is 13.2. The van der Waals surface area contributed by atoms with E-state index in [2.05, 4.69) is 10.3 Å². The van der Waals surface area contributed by atoms with Crippen molar-refractivity contribution in [1.29, 1.82) is 0 Å². The summed E-state index contributed by atoms with van der Waals surface area (Å²) in [7, 11) is 0. The van der Waals surface area contributed by atoms with Crippen molar-refractivity contribution in [2.45, 2.75) is 20.8 Å². The normalized spacial score (nSPS) is 10.7. The fourth-order valence-corrected chi connectivity index (χ4v) is 2.25. The summed E-state index contributed by atoms with van der Waals surface area (Å²) < 4.78 is 1.92. The van der Waals surface area contributed by atoms with Crippen LogP contribution in [0.3, 0.4) is 0 Å². The quantitative estimate of drug-likeness (QED) is 0.914. The van der Waals surface area contributed by atoms with Gasteiger partial charge in [-0.1, -0.05) is 23.2 Å². The average molecular weight is 284 g/mol. The molecule has 0 aliphatic carbocycles. The minimum absolute atomic E-state index is 0.661. The number of nitrogens with one attached hydrogen (secondary N) is 1. The molecule has 0 amide bonds. The Hall–Kier alpha value is -1.19. The van der Waals surface area contributed by atoms with E-state index in [1.165, 1.54) is 0 Å². The third-order valence-corrected chi connectivity index (χ3v) is 3.36. The van der Waals surface area contributed by atoms with Crippen molar-refractivity contribution in [3.05, 3.63) is 39.6 Å². The van der Waals surface area contributed by atoms with Gasteiger partial charge in [0.15, 0.2) is 0 Å². The second-order valence-electron chi connectivity index (χ2n) is 4.16. The van der Waals surface area contributed by atoms with Crippen LogP contribution in [0.25, 0.3) is 5.69 Å². The molecule has 0 radical (unpaired) electrons. The molecule has 0 saturated carbocycles. The molecule has 3 nitrogen and oxygen atoms in total. The zero-order valence-electron chi connectivity index (χ0n) is 10.6. The predicted molar refractivity (Wildman–Crippen MR) is 77.2 cm³/mol. The Balaban J connectivity index is 2.57. The van der Waals surface area contributed by atoms with Gasteiger partial charge in [-0.05, 0) is 38.5 Å². The molecule has 0 bridgehead atoms. The van der Waals surface area contributed by atoms with Gasteiger partial charge in [0.2, 0.25) is 5.95 Å². The topological polar surface area (TPSA) is 29.9 Å². The third kappa shape index (κ3) is 2.47. The SMILES string of the molecule is CCNc1nc(C)cn1-c1cc(Cl)c(C)cc1Cl. The van der Waals surface area contributed by atoms with E-state index in [-0.39, 0.29) is 0 Å². The molecule has 1 heterocycles. The molecule has 0 saturated heterocycles. The summed E-state index contributed by atoms with van der Waals surface area (Å²) in [4.78, 5) is 4.42. The summed E-state index contributed by atoms with van der Waals surface area (Å²) in [6, 6.07) is 3.73. The van der Waals surface area contributed by atoms with Gasteiger partial charge in [0.1, 0.15) is 0 Å². The van der Waals surface area contributed by atoms with Crippen molar-refractivity contribution in [3.8, 4) is 5.69 Å². The molecule has 1 N–H and O–H groups in total. The lowest BCUT2D eigenvalue weighted by molar-refractivity contribution is 1.02. The molecule has 0 spiro atoms. The number of imidazole rings is 1. The first-order chi connectivity index (χ1) is 8.52. The van der Waals surface area contributed by atoms with Gasteiger partial charge in [0.25, 0.3) is 0 Å². The Kier molecular flexibility index (Phi) is 3.83. The average Bonchev–Trinajstić information content (AvgIpc) is 2.65. The van der Waals surface area contributed by atoms with E-state index < -0.39 is 0 Å².